The van der Waals surface area contributed by atoms with E-state index in [4.69, 9.17) is 9.47 Å². The van der Waals surface area contributed by atoms with Crippen molar-refractivity contribution < 1.29 is 24.2 Å². The summed E-state index contributed by atoms with van der Waals surface area (Å²) < 4.78 is 10.5. The lowest BCUT2D eigenvalue weighted by atomic mass is 10.0. The summed E-state index contributed by atoms with van der Waals surface area (Å²) in [6.07, 6.45) is -0.153. The molecule has 0 saturated heterocycles. The first-order chi connectivity index (χ1) is 15.4. The zero-order valence-corrected chi connectivity index (χ0v) is 20.8. The molecule has 2 aromatic rings. The molecule has 3 unspecified atom stereocenters. The molecule has 1 heterocycles. The number of carbonyl (C=O) groups excluding carboxylic acids is 2. The normalized spacial score (nSPS) is 20.9. The lowest BCUT2D eigenvalue weighted by Crippen LogP contribution is -2.50. The Balaban J connectivity index is 1.90. The number of anilines is 1. The van der Waals surface area contributed by atoms with Crippen molar-refractivity contribution in [1.29, 1.82) is 0 Å². The lowest BCUT2D eigenvalue weighted by molar-refractivity contribution is -0.170. The molecule has 176 valence electrons. The van der Waals surface area contributed by atoms with E-state index in [-0.39, 0.29) is 5.91 Å². The Bertz CT molecular complexity index is 1030. The molecule has 33 heavy (non-hydrogen) atoms. The maximum atomic E-state index is 13.4. The molecule has 3 rings (SSSR count). The summed E-state index contributed by atoms with van der Waals surface area (Å²) in [5, 5.41) is 13.8. The van der Waals surface area contributed by atoms with Crippen molar-refractivity contribution >= 4 is 37.0 Å². The summed E-state index contributed by atoms with van der Waals surface area (Å²) in [7, 11) is 1.62. The number of carbonyl (C=O) groups is 2. The zero-order valence-electron chi connectivity index (χ0n) is 19.8. The molecule has 2 N–H and O–H groups in total. The van der Waals surface area contributed by atoms with Gasteiger partial charge in [-0.25, -0.2) is 4.99 Å². The van der Waals surface area contributed by atoms with Crippen LogP contribution in [-0.4, -0.2) is 62.3 Å². The Morgan fingerprint density at radius 2 is 1.76 bits per heavy atom. The number of benzene rings is 2. The van der Waals surface area contributed by atoms with Crippen LogP contribution < -0.4 is 15.2 Å². The smallest absolute Gasteiger partial charge is 0.261 e. The number of likely N-dealkylation sites (N-methyl/N-ethyl adjacent to an activating group) is 1. The van der Waals surface area contributed by atoms with Crippen LogP contribution in [0.1, 0.15) is 18.5 Å². The molecule has 1 aliphatic rings. The number of aliphatic imine (C=N–C) groups is 1. The SMILES string of the molecule is COc1ccc(C(C(=O)Nc2ccc([Si](C)(C)C)cc2)N(C)C(=O)C2(C)C=NC(O)O2)cc1. The number of hydrogen-bond donors (Lipinski definition) is 2. The van der Waals surface area contributed by atoms with Crippen molar-refractivity contribution in [3.8, 4) is 5.75 Å². The van der Waals surface area contributed by atoms with E-state index in [0.717, 1.165) is 0 Å². The third kappa shape index (κ3) is 5.49. The highest BCUT2D eigenvalue weighted by molar-refractivity contribution is 6.88. The van der Waals surface area contributed by atoms with E-state index in [0.29, 0.717) is 17.0 Å². The first-order valence-electron chi connectivity index (χ1n) is 10.7. The molecule has 2 aromatic carbocycles. The topological polar surface area (TPSA) is 100 Å². The third-order valence-corrected chi connectivity index (χ3v) is 7.69. The van der Waals surface area contributed by atoms with Gasteiger partial charge in [0, 0.05) is 18.9 Å². The molecule has 0 fully saturated rings. The minimum Gasteiger partial charge on any atom is -0.497 e. The van der Waals surface area contributed by atoms with Gasteiger partial charge in [-0.05, 0) is 36.8 Å². The molecular weight excluding hydrogens is 438 g/mol. The van der Waals surface area contributed by atoms with Crippen LogP contribution in [0.5, 0.6) is 5.75 Å². The summed E-state index contributed by atoms with van der Waals surface area (Å²) in [6.45, 7) is 8.27. The van der Waals surface area contributed by atoms with Crippen LogP contribution >= 0.6 is 0 Å². The predicted molar refractivity (Wildman–Crippen MR) is 131 cm³/mol. The fraction of sp³-hybridized carbons (Fsp3) is 0.375. The first-order valence-corrected chi connectivity index (χ1v) is 14.2. The van der Waals surface area contributed by atoms with Crippen LogP contribution in [0.15, 0.2) is 53.5 Å². The monoisotopic (exact) mass is 469 g/mol. The van der Waals surface area contributed by atoms with Crippen molar-refractivity contribution in [1.82, 2.24) is 4.90 Å². The largest absolute Gasteiger partial charge is 0.497 e. The molecular formula is C24H31N3O5Si. The molecule has 1 aliphatic heterocycles. The number of aliphatic hydroxyl groups excluding tert-OH is 1. The van der Waals surface area contributed by atoms with Gasteiger partial charge in [-0.2, -0.15) is 0 Å². The number of nitrogens with one attached hydrogen (secondary N) is 1. The van der Waals surface area contributed by atoms with E-state index in [1.165, 1.54) is 30.3 Å². The molecule has 3 atom stereocenters. The summed E-state index contributed by atoms with van der Waals surface area (Å²) in [6, 6.07) is 13.8. The standard InChI is InChI=1S/C24H31N3O5Si/c1-24(15-25-23(30)32-24)22(29)27(2)20(16-7-11-18(31-3)12-8-16)21(28)26-17-9-13-19(14-10-17)33(4,5)6/h7-15,20,23,30H,1-6H3,(H,26,28). The van der Waals surface area contributed by atoms with Crippen LogP contribution in [0, 0.1) is 0 Å². The molecule has 0 bridgehead atoms. The summed E-state index contributed by atoms with van der Waals surface area (Å²) >= 11 is 0. The second kappa shape index (κ2) is 9.46. The first kappa shape index (κ1) is 24.6. The van der Waals surface area contributed by atoms with Crippen LogP contribution in [0.4, 0.5) is 5.69 Å². The van der Waals surface area contributed by atoms with Crippen molar-refractivity contribution in [2.45, 2.75) is 44.6 Å². The average Bonchev–Trinajstić information content (AvgIpc) is 3.13. The molecule has 0 spiro atoms. The van der Waals surface area contributed by atoms with Crippen molar-refractivity contribution in [2.24, 2.45) is 4.99 Å². The van der Waals surface area contributed by atoms with Gasteiger partial charge in [-0.3, -0.25) is 9.59 Å². The van der Waals surface area contributed by atoms with E-state index in [2.05, 4.69) is 30.0 Å². The molecule has 0 saturated carbocycles. The fourth-order valence-electron chi connectivity index (χ4n) is 3.66. The fourth-order valence-corrected chi connectivity index (χ4v) is 4.83. The minimum atomic E-state index is -1.47. The van der Waals surface area contributed by atoms with Crippen LogP contribution in [0.3, 0.4) is 0 Å². The van der Waals surface area contributed by atoms with Gasteiger partial charge in [-0.1, -0.05) is 49.1 Å². The number of hydrogen-bond acceptors (Lipinski definition) is 6. The number of nitrogens with zero attached hydrogens (tertiary/aromatic N) is 2. The number of ether oxygens (including phenoxy) is 2. The molecule has 2 amide bonds. The highest BCUT2D eigenvalue weighted by Gasteiger charge is 2.44. The average molecular weight is 470 g/mol. The van der Waals surface area contributed by atoms with E-state index >= 15 is 0 Å². The second-order valence-electron chi connectivity index (χ2n) is 9.24. The van der Waals surface area contributed by atoms with Gasteiger partial charge in [0.25, 0.3) is 18.2 Å². The van der Waals surface area contributed by atoms with Gasteiger partial charge in [0.05, 0.1) is 15.2 Å². The third-order valence-electron chi connectivity index (χ3n) is 5.63. The second-order valence-corrected chi connectivity index (χ2v) is 14.3. The number of amides is 2. The van der Waals surface area contributed by atoms with Crippen molar-refractivity contribution in [3.63, 3.8) is 0 Å². The Hall–Kier alpha value is -3.01. The van der Waals surface area contributed by atoms with E-state index in [1.54, 1.807) is 31.4 Å². The number of aliphatic hydroxyl groups is 1. The Labute approximate surface area is 195 Å². The van der Waals surface area contributed by atoms with E-state index in [1.807, 2.05) is 24.3 Å². The molecule has 8 nitrogen and oxygen atoms in total. The quantitative estimate of drug-likeness (QED) is 0.607. The van der Waals surface area contributed by atoms with Gasteiger partial charge >= 0.3 is 0 Å². The summed E-state index contributed by atoms with van der Waals surface area (Å²) in [5.41, 5.74) is -0.235. The molecule has 9 heteroatoms. The number of methoxy groups -OCH3 is 1. The lowest BCUT2D eigenvalue weighted by Gasteiger charge is -2.32. The van der Waals surface area contributed by atoms with Gasteiger partial charge in [-0.15, -0.1) is 0 Å². The van der Waals surface area contributed by atoms with Crippen molar-refractivity contribution in [2.75, 3.05) is 19.5 Å². The number of rotatable bonds is 7. The molecule has 0 aromatic heterocycles. The highest BCUT2D eigenvalue weighted by atomic mass is 28.3. The van der Waals surface area contributed by atoms with Gasteiger partial charge in [0.15, 0.2) is 5.60 Å². The van der Waals surface area contributed by atoms with Crippen molar-refractivity contribution in [3.05, 3.63) is 54.1 Å². The summed E-state index contributed by atoms with van der Waals surface area (Å²) in [4.78, 5) is 31.7. The maximum Gasteiger partial charge on any atom is 0.261 e. The minimum absolute atomic E-state index is 0.379. The van der Waals surface area contributed by atoms with E-state index < -0.39 is 32.0 Å². The molecule has 0 aliphatic carbocycles. The summed E-state index contributed by atoms with van der Waals surface area (Å²) in [5.74, 6) is -0.251. The Morgan fingerprint density at radius 3 is 2.24 bits per heavy atom. The molecule has 0 radical (unpaired) electrons. The van der Waals surface area contributed by atoms with Gasteiger partial charge in [0.1, 0.15) is 11.8 Å². The Kier molecular flexibility index (Phi) is 7.06. The highest BCUT2D eigenvalue weighted by Crippen LogP contribution is 2.28. The van der Waals surface area contributed by atoms with E-state index in [9.17, 15) is 14.7 Å². The Morgan fingerprint density at radius 1 is 1.15 bits per heavy atom. The zero-order chi connectivity index (χ0) is 24.4. The van der Waals surface area contributed by atoms with Crippen LogP contribution in [0.2, 0.25) is 19.6 Å². The maximum absolute atomic E-state index is 13.4. The predicted octanol–water partition coefficient (Wildman–Crippen LogP) is 2.51. The van der Waals surface area contributed by atoms with Crippen LogP contribution in [0.25, 0.3) is 0 Å². The van der Waals surface area contributed by atoms with Crippen LogP contribution in [-0.2, 0) is 14.3 Å². The van der Waals surface area contributed by atoms with Gasteiger partial charge < -0.3 is 24.8 Å². The van der Waals surface area contributed by atoms with Gasteiger partial charge in [0.2, 0.25) is 0 Å².